The lowest BCUT2D eigenvalue weighted by Gasteiger charge is -2.16. The topological polar surface area (TPSA) is 64.1 Å². The van der Waals surface area contributed by atoms with Crippen LogP contribution in [0.3, 0.4) is 0 Å². The Morgan fingerprint density at radius 1 is 0.966 bits per heavy atom. The second kappa shape index (κ2) is 12.7. The van der Waals surface area contributed by atoms with Crippen LogP contribution in [0.4, 0.5) is 0 Å². The normalized spacial score (nSPS) is 12.3. The molecule has 2 N–H and O–H groups in total. The first-order valence-electron chi connectivity index (χ1n) is 10.0. The number of rotatable bonds is 11. The van der Waals surface area contributed by atoms with Crippen molar-refractivity contribution in [3.05, 3.63) is 59.7 Å². The lowest BCUT2D eigenvalue weighted by molar-refractivity contribution is 0.0931. The first-order chi connectivity index (χ1) is 14.2. The number of nitrogens with zero attached hydrogens (tertiary/aromatic N) is 1. The molecule has 6 nitrogen and oxygen atoms in total. The van der Waals surface area contributed by atoms with E-state index in [1.807, 2.05) is 36.4 Å². The molecule has 1 unspecified atom stereocenters. The van der Waals surface area contributed by atoms with Gasteiger partial charge in [0.15, 0.2) is 17.5 Å². The summed E-state index contributed by atoms with van der Waals surface area (Å²) in [5.41, 5.74) is 2.25. The number of aliphatic imine (C=N–C) groups is 1. The van der Waals surface area contributed by atoms with Crippen LogP contribution < -0.4 is 20.1 Å². The maximum Gasteiger partial charge on any atom is 0.191 e. The highest BCUT2D eigenvalue weighted by atomic mass is 16.5. The van der Waals surface area contributed by atoms with Gasteiger partial charge in [0.25, 0.3) is 0 Å². The first-order valence-corrected chi connectivity index (χ1v) is 10.0. The predicted molar refractivity (Wildman–Crippen MR) is 118 cm³/mol. The molecule has 6 heteroatoms. The number of benzene rings is 2. The van der Waals surface area contributed by atoms with E-state index in [1.165, 1.54) is 5.56 Å². The van der Waals surface area contributed by atoms with Gasteiger partial charge in [0.05, 0.1) is 34.0 Å². The van der Waals surface area contributed by atoms with E-state index in [9.17, 15) is 0 Å². The van der Waals surface area contributed by atoms with Crippen molar-refractivity contribution in [2.75, 3.05) is 33.9 Å². The van der Waals surface area contributed by atoms with Crippen molar-refractivity contribution in [3.8, 4) is 11.5 Å². The fourth-order valence-electron chi connectivity index (χ4n) is 2.77. The molecule has 0 saturated carbocycles. The zero-order valence-electron chi connectivity index (χ0n) is 17.9. The molecule has 0 saturated heterocycles. The third kappa shape index (κ3) is 8.03. The van der Waals surface area contributed by atoms with E-state index >= 15 is 0 Å². The number of hydrogen-bond acceptors (Lipinski definition) is 4. The Morgan fingerprint density at radius 3 is 2.41 bits per heavy atom. The molecule has 0 bridgehead atoms. The summed E-state index contributed by atoms with van der Waals surface area (Å²) in [7, 11) is 3.27. The second-order valence-electron chi connectivity index (χ2n) is 6.87. The monoisotopic (exact) mass is 399 g/mol. The van der Waals surface area contributed by atoms with Crippen molar-refractivity contribution in [1.29, 1.82) is 0 Å². The van der Waals surface area contributed by atoms with Crippen LogP contribution in [0.5, 0.6) is 11.5 Å². The van der Waals surface area contributed by atoms with E-state index in [1.54, 1.807) is 14.2 Å². The van der Waals surface area contributed by atoms with Gasteiger partial charge in [0.2, 0.25) is 0 Å². The smallest absolute Gasteiger partial charge is 0.191 e. The summed E-state index contributed by atoms with van der Waals surface area (Å²) >= 11 is 0. The Balaban J connectivity index is 1.82. The maximum atomic E-state index is 5.82. The molecule has 0 aliphatic heterocycles. The Morgan fingerprint density at radius 2 is 1.72 bits per heavy atom. The summed E-state index contributed by atoms with van der Waals surface area (Å²) in [4.78, 5) is 4.67. The van der Waals surface area contributed by atoms with Gasteiger partial charge in [-0.25, -0.2) is 4.99 Å². The quantitative estimate of drug-likeness (QED) is 0.446. The van der Waals surface area contributed by atoms with Gasteiger partial charge in [-0.15, -0.1) is 0 Å². The van der Waals surface area contributed by atoms with Crippen LogP contribution in [0.15, 0.2) is 53.5 Å². The minimum absolute atomic E-state index is 0.364. The second-order valence-corrected chi connectivity index (χ2v) is 6.87. The lowest BCUT2D eigenvalue weighted by Crippen LogP contribution is -2.40. The van der Waals surface area contributed by atoms with Gasteiger partial charge in [-0.05, 0) is 36.1 Å². The molecule has 1 atom stereocenters. The average Bonchev–Trinajstić information content (AvgIpc) is 2.76. The summed E-state index contributed by atoms with van der Waals surface area (Å²) in [5.74, 6) is 2.58. The third-order valence-electron chi connectivity index (χ3n) is 4.34. The van der Waals surface area contributed by atoms with Crippen LogP contribution in [0, 0.1) is 5.92 Å². The van der Waals surface area contributed by atoms with Crippen molar-refractivity contribution in [1.82, 2.24) is 10.6 Å². The van der Waals surface area contributed by atoms with Crippen LogP contribution >= 0.6 is 0 Å². The van der Waals surface area contributed by atoms with E-state index in [4.69, 9.17) is 14.2 Å². The van der Waals surface area contributed by atoms with Crippen molar-refractivity contribution in [2.24, 2.45) is 10.9 Å². The van der Waals surface area contributed by atoms with Crippen LogP contribution in [0.2, 0.25) is 0 Å². The molecule has 0 heterocycles. The molecule has 2 rings (SSSR count). The molecule has 0 fully saturated rings. The highest BCUT2D eigenvalue weighted by Gasteiger charge is 2.07. The minimum Gasteiger partial charge on any atom is -0.493 e. The van der Waals surface area contributed by atoms with Gasteiger partial charge in [-0.2, -0.15) is 0 Å². The molecule has 2 aromatic rings. The molecule has 2 aromatic carbocycles. The molecule has 0 amide bonds. The van der Waals surface area contributed by atoms with Crippen molar-refractivity contribution in [2.45, 2.75) is 27.0 Å². The van der Waals surface area contributed by atoms with Gasteiger partial charge >= 0.3 is 0 Å². The standard InChI is InChI=1S/C23H33N3O3/c1-5-24-23(26-15-20-11-12-21(27-3)22(13-20)28-4)25-14-18(2)16-29-17-19-9-7-6-8-10-19/h6-13,18H,5,14-17H2,1-4H3,(H2,24,25,26). The zero-order chi connectivity index (χ0) is 20.9. The molecule has 0 aliphatic rings. The molecule has 0 aliphatic carbocycles. The van der Waals surface area contributed by atoms with Gasteiger partial charge in [0.1, 0.15) is 0 Å². The molecule has 158 valence electrons. The molecule has 0 radical (unpaired) electrons. The SMILES string of the molecule is CCNC(=NCc1ccc(OC)c(OC)c1)NCC(C)COCc1ccccc1. The summed E-state index contributed by atoms with van der Waals surface area (Å²) in [6, 6.07) is 16.1. The zero-order valence-corrected chi connectivity index (χ0v) is 17.9. The van der Waals surface area contributed by atoms with Crippen molar-refractivity contribution < 1.29 is 14.2 Å². The molecule has 29 heavy (non-hydrogen) atoms. The van der Waals surface area contributed by atoms with Gasteiger partial charge in [-0.1, -0.05) is 43.3 Å². The fourth-order valence-corrected chi connectivity index (χ4v) is 2.77. The minimum atomic E-state index is 0.364. The van der Waals surface area contributed by atoms with E-state index < -0.39 is 0 Å². The molecule has 0 aromatic heterocycles. The number of nitrogens with one attached hydrogen (secondary N) is 2. The highest BCUT2D eigenvalue weighted by molar-refractivity contribution is 5.79. The van der Waals surface area contributed by atoms with E-state index in [2.05, 4.69) is 41.6 Å². The Hall–Kier alpha value is -2.73. The summed E-state index contributed by atoms with van der Waals surface area (Å²) < 4.78 is 16.5. The largest absolute Gasteiger partial charge is 0.493 e. The molecule has 0 spiro atoms. The molecular formula is C23H33N3O3. The van der Waals surface area contributed by atoms with Crippen LogP contribution in [0.25, 0.3) is 0 Å². The summed E-state index contributed by atoms with van der Waals surface area (Å²) in [6.07, 6.45) is 0. The Bertz CT molecular complexity index is 750. The lowest BCUT2D eigenvalue weighted by atomic mass is 10.2. The maximum absolute atomic E-state index is 5.82. The van der Waals surface area contributed by atoms with Crippen LogP contribution in [0.1, 0.15) is 25.0 Å². The van der Waals surface area contributed by atoms with E-state index in [0.29, 0.717) is 31.4 Å². The Kier molecular flexibility index (Phi) is 9.86. The van der Waals surface area contributed by atoms with Gasteiger partial charge in [-0.3, -0.25) is 0 Å². The summed E-state index contributed by atoms with van der Waals surface area (Å²) in [6.45, 7) is 7.68. The first kappa shape index (κ1) is 22.6. The van der Waals surface area contributed by atoms with E-state index in [0.717, 1.165) is 30.4 Å². The summed E-state index contributed by atoms with van der Waals surface area (Å²) in [5, 5.41) is 6.68. The van der Waals surface area contributed by atoms with Gasteiger partial charge < -0.3 is 24.8 Å². The van der Waals surface area contributed by atoms with Crippen molar-refractivity contribution in [3.63, 3.8) is 0 Å². The third-order valence-corrected chi connectivity index (χ3v) is 4.34. The van der Waals surface area contributed by atoms with E-state index in [-0.39, 0.29) is 0 Å². The molecular weight excluding hydrogens is 366 g/mol. The number of hydrogen-bond donors (Lipinski definition) is 2. The predicted octanol–water partition coefficient (Wildman–Crippen LogP) is 3.61. The number of methoxy groups -OCH3 is 2. The average molecular weight is 400 g/mol. The van der Waals surface area contributed by atoms with Gasteiger partial charge in [0, 0.05) is 13.1 Å². The van der Waals surface area contributed by atoms with Crippen molar-refractivity contribution >= 4 is 5.96 Å². The fraction of sp³-hybridized carbons (Fsp3) is 0.435. The highest BCUT2D eigenvalue weighted by Crippen LogP contribution is 2.27. The van der Waals surface area contributed by atoms with Crippen LogP contribution in [-0.2, 0) is 17.9 Å². The number of ether oxygens (including phenoxy) is 3. The van der Waals surface area contributed by atoms with Crippen LogP contribution in [-0.4, -0.2) is 39.9 Å². The number of guanidine groups is 1. The Labute approximate surface area is 174 Å².